The molecule has 2 N–H and O–H groups in total. The van der Waals surface area contributed by atoms with Crippen molar-refractivity contribution in [1.82, 2.24) is 14.0 Å². The van der Waals surface area contributed by atoms with Crippen molar-refractivity contribution in [2.45, 2.75) is 33.4 Å². The van der Waals surface area contributed by atoms with Crippen molar-refractivity contribution < 1.29 is 10.0 Å². The second kappa shape index (κ2) is 11.3. The van der Waals surface area contributed by atoms with Crippen LogP contribution in [-0.2, 0) is 19.5 Å². The topological polar surface area (TPSA) is 123 Å². The van der Waals surface area contributed by atoms with Gasteiger partial charge in [0.1, 0.15) is 5.82 Å². The third kappa shape index (κ3) is 6.01. The van der Waals surface area contributed by atoms with Crippen molar-refractivity contribution >= 4 is 11.5 Å². The lowest BCUT2D eigenvalue weighted by Gasteiger charge is -2.22. The van der Waals surface area contributed by atoms with E-state index in [9.17, 15) is 24.8 Å². The summed E-state index contributed by atoms with van der Waals surface area (Å²) in [6, 6.07) is 7.86. The van der Waals surface area contributed by atoms with Crippen LogP contribution in [0.2, 0.25) is 0 Å². The maximum absolute atomic E-state index is 12.4. The molecule has 10 heteroatoms. The molecule has 2 rings (SSSR count). The van der Waals surface area contributed by atoms with E-state index in [2.05, 4.69) is 10.2 Å². The molecule has 0 saturated carbocycles. The van der Waals surface area contributed by atoms with Gasteiger partial charge in [0.2, 0.25) is 0 Å². The Kier molecular flexibility index (Phi) is 8.75. The van der Waals surface area contributed by atoms with Crippen molar-refractivity contribution in [1.29, 1.82) is 0 Å². The number of aromatic nitrogens is 2. The molecule has 0 radical (unpaired) electrons. The van der Waals surface area contributed by atoms with Crippen LogP contribution in [0.5, 0.6) is 0 Å². The number of rotatable bonds is 12. The number of aliphatic hydroxyl groups excluding tert-OH is 1. The molecule has 1 heterocycles. The lowest BCUT2D eigenvalue weighted by Crippen LogP contribution is -2.40. The first-order valence-electron chi connectivity index (χ1n) is 10.1. The van der Waals surface area contributed by atoms with Crippen LogP contribution in [0.3, 0.4) is 0 Å². The largest absolute Gasteiger partial charge is 0.395 e. The Morgan fingerprint density at radius 3 is 2.30 bits per heavy atom. The molecule has 0 spiro atoms. The van der Waals surface area contributed by atoms with Gasteiger partial charge in [0.15, 0.2) is 0 Å². The lowest BCUT2D eigenvalue weighted by atomic mass is 10.1. The number of benzene rings is 1. The number of hydrogen-bond donors (Lipinski definition) is 2. The smallest absolute Gasteiger partial charge is 0.332 e. The van der Waals surface area contributed by atoms with Crippen molar-refractivity contribution in [2.24, 2.45) is 0 Å². The van der Waals surface area contributed by atoms with E-state index in [1.807, 2.05) is 6.92 Å². The zero-order valence-electron chi connectivity index (χ0n) is 17.4. The van der Waals surface area contributed by atoms with Gasteiger partial charge in [-0.05, 0) is 25.8 Å². The molecular weight excluding hydrogens is 390 g/mol. The standard InChI is InChI=1S/C20H29N5O5/c1-3-23-18(15-19(27)24(4-2)20(23)28)21-10-12-22(13-14-26)11-9-16-5-7-17(8-6-16)25(29)30/h5-8,15,21,26H,3-4,9-14H2,1-2H3. The van der Waals surface area contributed by atoms with Gasteiger partial charge in [0, 0.05) is 57.5 Å². The summed E-state index contributed by atoms with van der Waals surface area (Å²) >= 11 is 0. The van der Waals surface area contributed by atoms with Crippen LogP contribution in [0, 0.1) is 10.1 Å². The number of non-ortho nitro benzene ring substituents is 1. The average molecular weight is 419 g/mol. The summed E-state index contributed by atoms with van der Waals surface area (Å²) in [5, 5.41) is 23.2. The van der Waals surface area contributed by atoms with Crippen LogP contribution in [0.4, 0.5) is 11.5 Å². The van der Waals surface area contributed by atoms with Gasteiger partial charge in [-0.15, -0.1) is 0 Å². The van der Waals surface area contributed by atoms with Gasteiger partial charge in [-0.1, -0.05) is 12.1 Å². The molecule has 1 aromatic carbocycles. The van der Waals surface area contributed by atoms with Gasteiger partial charge in [0.25, 0.3) is 11.2 Å². The van der Waals surface area contributed by atoms with Crippen molar-refractivity contribution in [3.8, 4) is 0 Å². The van der Waals surface area contributed by atoms with E-state index in [-0.39, 0.29) is 23.5 Å². The summed E-state index contributed by atoms with van der Waals surface area (Å²) in [5.41, 5.74) is 0.363. The second-order valence-corrected chi connectivity index (χ2v) is 6.80. The zero-order valence-corrected chi connectivity index (χ0v) is 17.4. The summed E-state index contributed by atoms with van der Waals surface area (Å²) in [6.07, 6.45) is 0.685. The van der Waals surface area contributed by atoms with E-state index in [1.165, 1.54) is 27.3 Å². The Bertz CT molecular complexity index is 952. The highest BCUT2D eigenvalue weighted by molar-refractivity contribution is 5.34. The fourth-order valence-corrected chi connectivity index (χ4v) is 3.25. The average Bonchev–Trinajstić information content (AvgIpc) is 2.72. The number of aliphatic hydroxyl groups is 1. The number of nitrogens with zero attached hydrogens (tertiary/aromatic N) is 4. The van der Waals surface area contributed by atoms with Crippen LogP contribution in [0.25, 0.3) is 0 Å². The van der Waals surface area contributed by atoms with Gasteiger partial charge in [-0.25, -0.2) is 4.79 Å². The Balaban J connectivity index is 1.97. The normalized spacial score (nSPS) is 11.1. The highest BCUT2D eigenvalue weighted by Crippen LogP contribution is 2.12. The van der Waals surface area contributed by atoms with Crippen molar-refractivity contribution in [2.75, 3.05) is 38.1 Å². The molecule has 0 unspecified atom stereocenters. The van der Waals surface area contributed by atoms with E-state index in [0.29, 0.717) is 51.5 Å². The molecule has 0 aliphatic rings. The predicted octanol–water partition coefficient (Wildman–Crippen LogP) is 0.907. The van der Waals surface area contributed by atoms with Crippen molar-refractivity contribution in [3.05, 3.63) is 66.8 Å². The van der Waals surface area contributed by atoms with Crippen LogP contribution in [0.15, 0.2) is 39.9 Å². The first-order chi connectivity index (χ1) is 14.4. The Labute approximate surface area is 174 Å². The minimum atomic E-state index is -0.428. The maximum Gasteiger partial charge on any atom is 0.332 e. The maximum atomic E-state index is 12.4. The second-order valence-electron chi connectivity index (χ2n) is 6.80. The SMILES string of the molecule is CCn1c(NCCN(CCO)CCc2ccc([N+](=O)[O-])cc2)cc(=O)n(CC)c1=O. The monoisotopic (exact) mass is 419 g/mol. The van der Waals surface area contributed by atoms with Crippen LogP contribution >= 0.6 is 0 Å². The van der Waals surface area contributed by atoms with Gasteiger partial charge in [-0.3, -0.25) is 28.9 Å². The lowest BCUT2D eigenvalue weighted by molar-refractivity contribution is -0.384. The highest BCUT2D eigenvalue weighted by atomic mass is 16.6. The summed E-state index contributed by atoms with van der Waals surface area (Å²) < 4.78 is 2.72. The van der Waals surface area contributed by atoms with E-state index >= 15 is 0 Å². The van der Waals surface area contributed by atoms with Crippen LogP contribution in [0.1, 0.15) is 19.4 Å². The summed E-state index contributed by atoms with van der Waals surface area (Å²) in [7, 11) is 0. The molecule has 0 saturated heterocycles. The molecule has 30 heavy (non-hydrogen) atoms. The fourth-order valence-electron chi connectivity index (χ4n) is 3.25. The van der Waals surface area contributed by atoms with Gasteiger partial charge >= 0.3 is 5.69 Å². The highest BCUT2D eigenvalue weighted by Gasteiger charge is 2.11. The zero-order chi connectivity index (χ0) is 22.1. The molecule has 164 valence electrons. The molecule has 0 aliphatic carbocycles. The van der Waals surface area contributed by atoms with Crippen molar-refractivity contribution in [3.63, 3.8) is 0 Å². The molecule has 2 aromatic rings. The molecule has 0 fully saturated rings. The number of hydrogen-bond acceptors (Lipinski definition) is 7. The minimum absolute atomic E-state index is 0.00642. The quantitative estimate of drug-likeness (QED) is 0.387. The van der Waals surface area contributed by atoms with E-state index in [1.54, 1.807) is 19.1 Å². The van der Waals surface area contributed by atoms with Crippen LogP contribution in [-0.4, -0.2) is 56.8 Å². The van der Waals surface area contributed by atoms with Gasteiger partial charge < -0.3 is 10.4 Å². The third-order valence-electron chi connectivity index (χ3n) is 4.93. The third-order valence-corrected chi connectivity index (χ3v) is 4.93. The minimum Gasteiger partial charge on any atom is -0.395 e. The first-order valence-corrected chi connectivity index (χ1v) is 10.1. The molecule has 10 nitrogen and oxygen atoms in total. The molecule has 0 amide bonds. The Hall–Kier alpha value is -2.98. The van der Waals surface area contributed by atoms with E-state index < -0.39 is 4.92 Å². The number of anilines is 1. The van der Waals surface area contributed by atoms with E-state index in [4.69, 9.17) is 0 Å². The summed E-state index contributed by atoms with van der Waals surface area (Å²) in [5.74, 6) is 0.483. The molecule has 0 atom stereocenters. The van der Waals surface area contributed by atoms with E-state index in [0.717, 1.165) is 5.56 Å². The predicted molar refractivity (Wildman–Crippen MR) is 115 cm³/mol. The first kappa shape index (κ1) is 23.3. The number of nitro groups is 1. The number of nitrogens with one attached hydrogen (secondary N) is 1. The summed E-state index contributed by atoms with van der Waals surface area (Å²) in [6.45, 7) is 6.62. The summed E-state index contributed by atoms with van der Waals surface area (Å²) in [4.78, 5) is 36.9. The molecule has 0 aliphatic heterocycles. The molecular formula is C20H29N5O5. The number of nitro benzene ring substituents is 1. The fraction of sp³-hybridized carbons (Fsp3) is 0.500. The molecule has 0 bridgehead atoms. The van der Waals surface area contributed by atoms with Crippen LogP contribution < -0.4 is 16.6 Å². The van der Waals surface area contributed by atoms with Gasteiger partial charge in [-0.2, -0.15) is 0 Å². The molecule has 1 aromatic heterocycles. The Morgan fingerprint density at radius 2 is 1.73 bits per heavy atom. The Morgan fingerprint density at radius 1 is 1.07 bits per heavy atom. The van der Waals surface area contributed by atoms with Gasteiger partial charge in [0.05, 0.1) is 11.5 Å².